The Morgan fingerprint density at radius 3 is 2.65 bits per heavy atom. The maximum Gasteiger partial charge on any atom is 0.251 e. The Bertz CT molecular complexity index is 807. The number of aliphatic hydroxyl groups excluding tert-OH is 1. The molecule has 1 unspecified atom stereocenters. The molecule has 23 heavy (non-hydrogen) atoms. The van der Waals surface area contributed by atoms with Gasteiger partial charge in [0.15, 0.2) is 0 Å². The molecule has 118 valence electrons. The zero-order valence-corrected chi connectivity index (χ0v) is 12.5. The lowest BCUT2D eigenvalue weighted by Gasteiger charge is -2.14. The SMILES string of the molecule is NCC(CO)NC(=O)c1ccc(-n2cnc3ccccc32)cc1. The van der Waals surface area contributed by atoms with Crippen LogP contribution in [0.3, 0.4) is 0 Å². The minimum Gasteiger partial charge on any atom is -0.394 e. The average Bonchev–Trinajstić information content (AvgIpc) is 3.03. The summed E-state index contributed by atoms with van der Waals surface area (Å²) >= 11 is 0. The summed E-state index contributed by atoms with van der Waals surface area (Å²) in [4.78, 5) is 16.4. The van der Waals surface area contributed by atoms with Crippen LogP contribution in [0.2, 0.25) is 0 Å². The highest BCUT2D eigenvalue weighted by atomic mass is 16.3. The third kappa shape index (κ3) is 3.08. The number of imidazole rings is 1. The molecule has 0 radical (unpaired) electrons. The van der Waals surface area contributed by atoms with Gasteiger partial charge in [-0.3, -0.25) is 9.36 Å². The summed E-state index contributed by atoms with van der Waals surface area (Å²) < 4.78 is 1.97. The second-order valence-corrected chi connectivity index (χ2v) is 5.24. The van der Waals surface area contributed by atoms with Crippen LogP contribution >= 0.6 is 0 Å². The Morgan fingerprint density at radius 1 is 1.22 bits per heavy atom. The second kappa shape index (κ2) is 6.60. The number of nitrogens with zero attached hydrogens (tertiary/aromatic N) is 2. The molecule has 6 heteroatoms. The van der Waals surface area contributed by atoms with Crippen LogP contribution < -0.4 is 11.1 Å². The number of aliphatic hydroxyl groups is 1. The first-order valence-electron chi connectivity index (χ1n) is 7.37. The number of nitrogens with two attached hydrogens (primary N) is 1. The first-order chi connectivity index (χ1) is 11.2. The number of benzene rings is 2. The van der Waals surface area contributed by atoms with Crippen LogP contribution in [-0.4, -0.2) is 39.8 Å². The molecule has 0 saturated carbocycles. The predicted octanol–water partition coefficient (Wildman–Crippen LogP) is 1.07. The highest BCUT2D eigenvalue weighted by Crippen LogP contribution is 2.18. The quantitative estimate of drug-likeness (QED) is 0.657. The van der Waals surface area contributed by atoms with E-state index in [1.807, 2.05) is 41.0 Å². The van der Waals surface area contributed by atoms with E-state index in [9.17, 15) is 4.79 Å². The Morgan fingerprint density at radius 2 is 1.96 bits per heavy atom. The van der Waals surface area contributed by atoms with Gasteiger partial charge in [-0.05, 0) is 36.4 Å². The van der Waals surface area contributed by atoms with Gasteiger partial charge in [0.25, 0.3) is 5.91 Å². The van der Waals surface area contributed by atoms with E-state index in [0.717, 1.165) is 16.7 Å². The van der Waals surface area contributed by atoms with Crippen molar-refractivity contribution in [3.63, 3.8) is 0 Å². The van der Waals surface area contributed by atoms with E-state index < -0.39 is 6.04 Å². The molecule has 1 aromatic heterocycles. The van der Waals surface area contributed by atoms with Crippen LogP contribution in [0.15, 0.2) is 54.9 Å². The Balaban J connectivity index is 1.83. The number of para-hydroxylation sites is 2. The molecule has 1 atom stereocenters. The van der Waals surface area contributed by atoms with Crippen LogP contribution in [0.4, 0.5) is 0 Å². The maximum absolute atomic E-state index is 12.1. The van der Waals surface area contributed by atoms with Gasteiger partial charge in [0.05, 0.1) is 23.7 Å². The third-order valence-electron chi connectivity index (χ3n) is 3.70. The van der Waals surface area contributed by atoms with Crippen molar-refractivity contribution < 1.29 is 9.90 Å². The molecule has 3 rings (SSSR count). The van der Waals surface area contributed by atoms with Crippen molar-refractivity contribution >= 4 is 16.9 Å². The van der Waals surface area contributed by atoms with Gasteiger partial charge in [-0.1, -0.05) is 12.1 Å². The standard InChI is InChI=1S/C17H18N4O2/c18-9-13(10-22)20-17(23)12-5-7-14(8-6-12)21-11-19-15-3-1-2-4-16(15)21/h1-8,11,13,22H,9-10,18H2,(H,20,23). The Kier molecular flexibility index (Phi) is 4.36. The maximum atomic E-state index is 12.1. The molecule has 0 spiro atoms. The average molecular weight is 310 g/mol. The fraction of sp³-hybridized carbons (Fsp3) is 0.176. The highest BCUT2D eigenvalue weighted by Gasteiger charge is 2.12. The van der Waals surface area contributed by atoms with Crippen molar-refractivity contribution in [2.45, 2.75) is 6.04 Å². The summed E-state index contributed by atoms with van der Waals surface area (Å²) in [6.45, 7) is 0.0166. The minimum atomic E-state index is -0.431. The van der Waals surface area contributed by atoms with E-state index in [2.05, 4.69) is 10.3 Å². The largest absolute Gasteiger partial charge is 0.394 e. The van der Waals surface area contributed by atoms with Crippen LogP contribution in [-0.2, 0) is 0 Å². The molecular formula is C17H18N4O2. The summed E-state index contributed by atoms with van der Waals surface area (Å²) in [5.74, 6) is -0.253. The number of hydrogen-bond donors (Lipinski definition) is 3. The van der Waals surface area contributed by atoms with Crippen molar-refractivity contribution in [1.29, 1.82) is 0 Å². The van der Waals surface area contributed by atoms with Gasteiger partial charge in [0.2, 0.25) is 0 Å². The molecule has 0 bridgehead atoms. The topological polar surface area (TPSA) is 93.2 Å². The summed E-state index contributed by atoms with van der Waals surface area (Å²) in [6, 6.07) is 14.6. The molecular weight excluding hydrogens is 292 g/mol. The Labute approximate surface area is 133 Å². The first-order valence-corrected chi connectivity index (χ1v) is 7.37. The van der Waals surface area contributed by atoms with Gasteiger partial charge in [-0.15, -0.1) is 0 Å². The zero-order chi connectivity index (χ0) is 16.2. The van der Waals surface area contributed by atoms with Crippen LogP contribution in [0.5, 0.6) is 0 Å². The van der Waals surface area contributed by atoms with Crippen LogP contribution in [0.25, 0.3) is 16.7 Å². The number of fused-ring (bicyclic) bond motifs is 1. The molecule has 0 aliphatic heterocycles. The highest BCUT2D eigenvalue weighted by molar-refractivity contribution is 5.94. The molecule has 6 nitrogen and oxygen atoms in total. The summed E-state index contributed by atoms with van der Waals surface area (Å²) in [6.07, 6.45) is 1.76. The molecule has 3 aromatic rings. The number of nitrogens with one attached hydrogen (secondary N) is 1. The normalized spacial score (nSPS) is 12.3. The van der Waals surface area contributed by atoms with Gasteiger partial charge >= 0.3 is 0 Å². The monoisotopic (exact) mass is 310 g/mol. The van der Waals surface area contributed by atoms with Crippen molar-refractivity contribution in [2.24, 2.45) is 5.73 Å². The van der Waals surface area contributed by atoms with E-state index in [-0.39, 0.29) is 19.1 Å². The fourth-order valence-corrected chi connectivity index (χ4v) is 2.39. The van der Waals surface area contributed by atoms with E-state index in [4.69, 9.17) is 10.8 Å². The van der Waals surface area contributed by atoms with Gasteiger partial charge < -0.3 is 16.2 Å². The zero-order valence-electron chi connectivity index (χ0n) is 12.5. The summed E-state index contributed by atoms with van der Waals surface area (Å²) in [5.41, 5.74) is 8.84. The number of carbonyl (C=O) groups is 1. The molecule has 4 N–H and O–H groups in total. The van der Waals surface area contributed by atoms with Crippen molar-refractivity contribution in [3.05, 3.63) is 60.4 Å². The number of rotatable bonds is 5. The number of aromatic nitrogens is 2. The number of hydrogen-bond acceptors (Lipinski definition) is 4. The van der Waals surface area contributed by atoms with Crippen LogP contribution in [0, 0.1) is 0 Å². The molecule has 0 fully saturated rings. The van der Waals surface area contributed by atoms with Crippen LogP contribution in [0.1, 0.15) is 10.4 Å². The lowest BCUT2D eigenvalue weighted by molar-refractivity contribution is 0.0919. The molecule has 1 heterocycles. The number of amides is 1. The lowest BCUT2D eigenvalue weighted by Crippen LogP contribution is -2.42. The molecule has 0 aliphatic rings. The van der Waals surface area contributed by atoms with Gasteiger partial charge in [0.1, 0.15) is 6.33 Å². The minimum absolute atomic E-state index is 0.179. The Hall–Kier alpha value is -2.70. The summed E-state index contributed by atoms with van der Waals surface area (Å²) in [7, 11) is 0. The van der Waals surface area contributed by atoms with Gasteiger partial charge in [0, 0.05) is 17.8 Å². The van der Waals surface area contributed by atoms with Crippen molar-refractivity contribution in [3.8, 4) is 5.69 Å². The van der Waals surface area contributed by atoms with E-state index in [1.54, 1.807) is 18.5 Å². The first kappa shape index (κ1) is 15.2. The molecule has 0 aliphatic carbocycles. The van der Waals surface area contributed by atoms with Gasteiger partial charge in [-0.2, -0.15) is 0 Å². The van der Waals surface area contributed by atoms with E-state index >= 15 is 0 Å². The predicted molar refractivity (Wildman–Crippen MR) is 88.5 cm³/mol. The third-order valence-corrected chi connectivity index (χ3v) is 3.70. The molecule has 0 saturated heterocycles. The van der Waals surface area contributed by atoms with Gasteiger partial charge in [-0.25, -0.2) is 4.98 Å². The summed E-state index contributed by atoms with van der Waals surface area (Å²) in [5, 5.41) is 11.8. The van der Waals surface area contributed by atoms with E-state index in [1.165, 1.54) is 0 Å². The smallest absolute Gasteiger partial charge is 0.251 e. The fourth-order valence-electron chi connectivity index (χ4n) is 2.39. The van der Waals surface area contributed by atoms with Crippen molar-refractivity contribution in [1.82, 2.24) is 14.9 Å². The number of carbonyl (C=O) groups excluding carboxylic acids is 1. The second-order valence-electron chi connectivity index (χ2n) is 5.24. The van der Waals surface area contributed by atoms with E-state index in [0.29, 0.717) is 5.56 Å². The van der Waals surface area contributed by atoms with Crippen molar-refractivity contribution in [2.75, 3.05) is 13.2 Å². The molecule has 1 amide bonds. The lowest BCUT2D eigenvalue weighted by atomic mass is 10.1. The molecule has 2 aromatic carbocycles.